The summed E-state index contributed by atoms with van der Waals surface area (Å²) in [6.07, 6.45) is 37.1. The van der Waals surface area contributed by atoms with Gasteiger partial charge in [0.15, 0.2) is 6.10 Å². The SMILES string of the molecule is CCCCCCCCCCCCCCCC(=O)OCC(COC(=O)CCCCCCCCCCCCCCC)OC(=O)[C@@H]1C[C@@H]2CC=C[C@H]2N1C(=O)C(C)NC(CCc1ccccc1)C(=O)OCC. The standard InChI is InChI=1S/C58H96N2O9/c1-5-8-10-12-14-16-18-20-22-24-26-28-33-40-54(61)67-45-50(46-68-55(62)41-34-29-27-25-23-21-19-17-15-13-11-9-6-2)69-58(65)53-44-49-38-35-39-52(49)60(53)56(63)47(4)59-51(57(64)66-7-3)43-42-48-36-31-30-32-37-48/h30-32,35-37,39,47,49-53,59H,5-29,33-34,38,40-46H2,1-4H3/t47?,49-,51?,52+,53-/m0/s1. The maximum Gasteiger partial charge on any atom is 0.329 e. The van der Waals surface area contributed by atoms with Crippen LogP contribution in [0, 0.1) is 5.92 Å². The summed E-state index contributed by atoms with van der Waals surface area (Å²) in [6, 6.07) is 7.08. The van der Waals surface area contributed by atoms with Crippen molar-refractivity contribution in [3.05, 3.63) is 48.0 Å². The van der Waals surface area contributed by atoms with Crippen molar-refractivity contribution >= 4 is 29.8 Å². The van der Waals surface area contributed by atoms with Gasteiger partial charge in [0.2, 0.25) is 5.91 Å². The van der Waals surface area contributed by atoms with Crippen molar-refractivity contribution in [2.24, 2.45) is 5.92 Å². The normalized spacial score (nSPS) is 17.2. The van der Waals surface area contributed by atoms with Gasteiger partial charge < -0.3 is 23.8 Å². The van der Waals surface area contributed by atoms with Crippen LogP contribution in [0.5, 0.6) is 0 Å². The number of likely N-dealkylation sites (tertiary alicyclic amines) is 1. The fourth-order valence-corrected chi connectivity index (χ4v) is 9.88. The van der Waals surface area contributed by atoms with E-state index < -0.39 is 36.2 Å². The minimum atomic E-state index is -1.03. The number of nitrogens with one attached hydrogen (secondary N) is 1. The lowest BCUT2D eigenvalue weighted by molar-refractivity contribution is -0.171. The van der Waals surface area contributed by atoms with Gasteiger partial charge in [-0.25, -0.2) is 4.79 Å². The molecule has 0 saturated carbocycles. The smallest absolute Gasteiger partial charge is 0.329 e. The third-order valence-corrected chi connectivity index (χ3v) is 14.0. The Labute approximate surface area is 418 Å². The molecule has 1 aromatic carbocycles. The molecule has 69 heavy (non-hydrogen) atoms. The molecule has 5 atom stereocenters. The molecule has 1 aliphatic heterocycles. The summed E-state index contributed by atoms with van der Waals surface area (Å²) in [5, 5.41) is 3.23. The quantitative estimate of drug-likeness (QED) is 0.0292. The number of aryl methyl sites for hydroxylation is 1. The van der Waals surface area contributed by atoms with E-state index in [0.29, 0.717) is 19.3 Å². The molecule has 0 aromatic heterocycles. The van der Waals surface area contributed by atoms with Crippen molar-refractivity contribution in [1.29, 1.82) is 0 Å². The van der Waals surface area contributed by atoms with Crippen LogP contribution in [0.3, 0.4) is 0 Å². The van der Waals surface area contributed by atoms with Crippen LogP contribution < -0.4 is 5.32 Å². The van der Waals surface area contributed by atoms with Crippen molar-refractivity contribution in [1.82, 2.24) is 10.2 Å². The summed E-state index contributed by atoms with van der Waals surface area (Å²) >= 11 is 0. The van der Waals surface area contributed by atoms with Crippen molar-refractivity contribution in [3.63, 3.8) is 0 Å². The first-order valence-electron chi connectivity index (χ1n) is 28.1. The van der Waals surface area contributed by atoms with Crippen LogP contribution in [-0.2, 0) is 49.3 Å². The molecule has 11 nitrogen and oxygen atoms in total. The highest BCUT2D eigenvalue weighted by molar-refractivity contribution is 5.89. The third-order valence-electron chi connectivity index (χ3n) is 14.0. The summed E-state index contributed by atoms with van der Waals surface area (Å²) in [5.74, 6) is -2.10. The molecule has 1 aliphatic carbocycles. The van der Waals surface area contributed by atoms with Gasteiger partial charge in [-0.15, -0.1) is 0 Å². The van der Waals surface area contributed by atoms with Crippen LogP contribution in [0.2, 0.25) is 0 Å². The van der Waals surface area contributed by atoms with Gasteiger partial charge in [0, 0.05) is 12.8 Å². The Bertz CT molecular complexity index is 1520. The molecule has 0 radical (unpaired) electrons. The molecular formula is C58H96N2O9. The Morgan fingerprint density at radius 2 is 1.09 bits per heavy atom. The second-order valence-electron chi connectivity index (χ2n) is 20.0. The minimum absolute atomic E-state index is 0.0346. The summed E-state index contributed by atoms with van der Waals surface area (Å²) in [5.41, 5.74) is 1.07. The lowest BCUT2D eigenvalue weighted by atomic mass is 10.0. The molecule has 392 valence electrons. The van der Waals surface area contributed by atoms with E-state index >= 15 is 0 Å². The van der Waals surface area contributed by atoms with Gasteiger partial charge in [-0.1, -0.05) is 210 Å². The topological polar surface area (TPSA) is 138 Å². The first-order chi connectivity index (χ1) is 33.7. The monoisotopic (exact) mass is 965 g/mol. The predicted octanol–water partition coefficient (Wildman–Crippen LogP) is 13.0. The van der Waals surface area contributed by atoms with E-state index in [1.165, 1.54) is 128 Å². The first kappa shape index (κ1) is 59.6. The van der Waals surface area contributed by atoms with Crippen molar-refractivity contribution in [2.75, 3.05) is 19.8 Å². The molecule has 3 rings (SSSR count). The fraction of sp³-hybridized carbons (Fsp3) is 0.776. The molecule has 1 aromatic rings. The van der Waals surface area contributed by atoms with Crippen LogP contribution in [0.25, 0.3) is 0 Å². The molecule has 0 spiro atoms. The van der Waals surface area contributed by atoms with E-state index in [0.717, 1.165) is 50.5 Å². The predicted molar refractivity (Wildman–Crippen MR) is 276 cm³/mol. The zero-order valence-electron chi connectivity index (χ0n) is 43.9. The van der Waals surface area contributed by atoms with Crippen molar-refractivity contribution in [2.45, 2.75) is 263 Å². The molecule has 1 heterocycles. The number of carbonyl (C=O) groups is 5. The number of nitrogens with zero attached hydrogens (tertiary/aromatic N) is 1. The third kappa shape index (κ3) is 25.8. The van der Waals surface area contributed by atoms with Crippen LogP contribution in [0.4, 0.5) is 0 Å². The van der Waals surface area contributed by atoms with Crippen LogP contribution >= 0.6 is 0 Å². The maximum atomic E-state index is 14.4. The molecule has 1 N–H and O–H groups in total. The Morgan fingerprint density at radius 3 is 1.55 bits per heavy atom. The van der Waals surface area contributed by atoms with Gasteiger partial charge in [0.1, 0.15) is 25.3 Å². The number of carbonyl (C=O) groups excluding carboxylic acids is 5. The zero-order valence-corrected chi connectivity index (χ0v) is 43.9. The van der Waals surface area contributed by atoms with Crippen molar-refractivity contribution in [3.8, 4) is 0 Å². The highest BCUT2D eigenvalue weighted by Gasteiger charge is 2.49. The van der Waals surface area contributed by atoms with Gasteiger partial charge in [0.25, 0.3) is 0 Å². The molecule has 1 amide bonds. The average molecular weight is 965 g/mol. The Kier molecular flexibility index (Phi) is 32.8. The number of ether oxygens (including phenoxy) is 4. The second-order valence-corrected chi connectivity index (χ2v) is 20.0. The molecule has 2 unspecified atom stereocenters. The zero-order chi connectivity index (χ0) is 49.7. The Balaban J connectivity index is 1.53. The van der Waals surface area contributed by atoms with Crippen molar-refractivity contribution < 1.29 is 42.9 Å². The summed E-state index contributed by atoms with van der Waals surface area (Å²) < 4.78 is 22.8. The molecule has 1 fully saturated rings. The van der Waals surface area contributed by atoms with E-state index in [1.54, 1.807) is 18.7 Å². The van der Waals surface area contributed by atoms with E-state index in [9.17, 15) is 24.0 Å². The molecular weight excluding hydrogens is 869 g/mol. The lowest BCUT2D eigenvalue weighted by Crippen LogP contribution is -2.55. The molecule has 0 bridgehead atoms. The number of hydrogen-bond acceptors (Lipinski definition) is 10. The number of allylic oxidation sites excluding steroid dienone is 1. The highest BCUT2D eigenvalue weighted by atomic mass is 16.6. The van der Waals surface area contributed by atoms with Gasteiger partial charge in [-0.05, 0) is 63.9 Å². The van der Waals surface area contributed by atoms with Gasteiger partial charge in [-0.3, -0.25) is 24.5 Å². The summed E-state index contributed by atoms with van der Waals surface area (Å²) in [7, 11) is 0. The number of fused-ring (bicyclic) bond motifs is 1. The minimum Gasteiger partial charge on any atom is -0.465 e. The number of rotatable bonds is 42. The highest BCUT2D eigenvalue weighted by Crippen LogP contribution is 2.38. The largest absolute Gasteiger partial charge is 0.465 e. The Morgan fingerprint density at radius 1 is 0.623 bits per heavy atom. The fourth-order valence-electron chi connectivity index (χ4n) is 9.88. The Hall–Kier alpha value is -3.73. The van der Waals surface area contributed by atoms with E-state index in [2.05, 4.69) is 19.2 Å². The van der Waals surface area contributed by atoms with E-state index in [4.69, 9.17) is 18.9 Å². The van der Waals surface area contributed by atoms with E-state index in [-0.39, 0.29) is 62.5 Å². The number of hydrogen-bond donors (Lipinski definition) is 1. The number of benzene rings is 1. The summed E-state index contributed by atoms with van der Waals surface area (Å²) in [6.45, 7) is 7.68. The van der Waals surface area contributed by atoms with Gasteiger partial charge in [0.05, 0.1) is 18.7 Å². The second kappa shape index (κ2) is 38.0. The lowest BCUT2D eigenvalue weighted by Gasteiger charge is -2.32. The molecule has 2 aliphatic rings. The van der Waals surface area contributed by atoms with E-state index in [1.807, 2.05) is 42.5 Å². The average Bonchev–Trinajstić information content (AvgIpc) is 3.96. The van der Waals surface area contributed by atoms with Crippen LogP contribution in [0.1, 0.15) is 232 Å². The molecule has 11 heteroatoms. The summed E-state index contributed by atoms with van der Waals surface area (Å²) in [4.78, 5) is 69.2. The van der Waals surface area contributed by atoms with Crippen LogP contribution in [0.15, 0.2) is 42.5 Å². The molecule has 1 saturated heterocycles. The number of esters is 4. The maximum absolute atomic E-state index is 14.4. The number of unbranched alkanes of at least 4 members (excludes halogenated alkanes) is 24. The first-order valence-corrected chi connectivity index (χ1v) is 28.1. The van der Waals surface area contributed by atoms with Crippen LogP contribution in [-0.4, -0.2) is 84.8 Å². The number of amides is 1. The van der Waals surface area contributed by atoms with Gasteiger partial charge in [-0.2, -0.15) is 0 Å². The van der Waals surface area contributed by atoms with Gasteiger partial charge >= 0.3 is 23.9 Å².